The number of halogens is 1. The van der Waals surface area contributed by atoms with Crippen LogP contribution in [-0.2, 0) is 6.54 Å². The van der Waals surface area contributed by atoms with Crippen molar-refractivity contribution in [2.24, 2.45) is 0 Å². The van der Waals surface area contributed by atoms with E-state index in [1.165, 1.54) is 11.1 Å². The fourth-order valence-electron chi connectivity index (χ4n) is 3.42. The van der Waals surface area contributed by atoms with Gasteiger partial charge >= 0.3 is 0 Å². The number of aromatic nitrogens is 5. The minimum absolute atomic E-state index is 0.497. The molecule has 0 spiro atoms. The first-order chi connectivity index (χ1) is 12.2. The molecule has 0 amide bonds. The van der Waals surface area contributed by atoms with Crippen LogP contribution in [0.25, 0.3) is 28.2 Å². The van der Waals surface area contributed by atoms with Gasteiger partial charge in [0, 0.05) is 5.56 Å². The number of nitrogens with zero attached hydrogens (tertiary/aromatic N) is 5. The van der Waals surface area contributed by atoms with Crippen molar-refractivity contribution in [1.29, 1.82) is 0 Å². The second-order valence-electron chi connectivity index (χ2n) is 6.14. The fraction of sp³-hybridized carbons (Fsp3) is 0.105. The summed E-state index contributed by atoms with van der Waals surface area (Å²) in [5, 5.41) is 4.86. The molecule has 0 radical (unpaired) electrons. The molecule has 0 bridgehead atoms. The minimum Gasteiger partial charge on any atom is -0.299 e. The van der Waals surface area contributed by atoms with Gasteiger partial charge in [-0.05, 0) is 35.7 Å². The van der Waals surface area contributed by atoms with Gasteiger partial charge in [-0.1, -0.05) is 41.9 Å². The standard InChI is InChI=1S/C19H14ClN5/c1-12-4-2-3-5-14(12)13-6-7-16-15(8-13)19-21-10-23-25(19)9-17-18(20)22-11-24(16)17/h2-8,10-11H,9H2,1H3. The molecule has 0 saturated carbocycles. The average molecular weight is 348 g/mol. The van der Waals surface area contributed by atoms with Crippen molar-refractivity contribution in [2.75, 3.05) is 0 Å². The van der Waals surface area contributed by atoms with E-state index in [2.05, 4.69) is 64.5 Å². The van der Waals surface area contributed by atoms with Gasteiger partial charge in [0.25, 0.3) is 0 Å². The molecule has 2 aromatic carbocycles. The van der Waals surface area contributed by atoms with Crippen LogP contribution in [0.5, 0.6) is 0 Å². The van der Waals surface area contributed by atoms with E-state index in [9.17, 15) is 0 Å². The number of hydrogen-bond acceptors (Lipinski definition) is 3. The van der Waals surface area contributed by atoms with Gasteiger partial charge in [-0.25, -0.2) is 14.6 Å². The first-order valence-electron chi connectivity index (χ1n) is 8.02. The van der Waals surface area contributed by atoms with Gasteiger partial charge in [-0.15, -0.1) is 0 Å². The van der Waals surface area contributed by atoms with E-state index >= 15 is 0 Å². The van der Waals surface area contributed by atoms with E-state index in [1.807, 2.05) is 9.25 Å². The molecule has 0 saturated heterocycles. The molecule has 1 aliphatic rings. The lowest BCUT2D eigenvalue weighted by atomic mass is 9.98. The minimum atomic E-state index is 0.497. The second kappa shape index (κ2) is 5.29. The molecule has 2 aromatic heterocycles. The molecule has 6 heteroatoms. The van der Waals surface area contributed by atoms with E-state index in [0.717, 1.165) is 28.3 Å². The number of fused-ring (bicyclic) bond motifs is 5. The molecule has 0 aliphatic carbocycles. The Morgan fingerprint density at radius 1 is 1.04 bits per heavy atom. The van der Waals surface area contributed by atoms with Crippen LogP contribution in [-0.4, -0.2) is 24.3 Å². The van der Waals surface area contributed by atoms with Gasteiger partial charge in [0.2, 0.25) is 0 Å². The first-order valence-corrected chi connectivity index (χ1v) is 8.40. The lowest BCUT2D eigenvalue weighted by molar-refractivity contribution is 0.677. The van der Waals surface area contributed by atoms with Crippen LogP contribution in [0, 0.1) is 6.92 Å². The maximum Gasteiger partial charge on any atom is 0.160 e. The summed E-state index contributed by atoms with van der Waals surface area (Å²) in [7, 11) is 0. The Hall–Kier alpha value is -2.92. The summed E-state index contributed by atoms with van der Waals surface area (Å²) in [6.07, 6.45) is 3.34. The van der Waals surface area contributed by atoms with Crippen molar-refractivity contribution in [3.05, 3.63) is 71.5 Å². The summed E-state index contributed by atoms with van der Waals surface area (Å²) in [6, 6.07) is 14.8. The molecule has 3 heterocycles. The zero-order valence-corrected chi connectivity index (χ0v) is 14.3. The smallest absolute Gasteiger partial charge is 0.160 e. The molecule has 5 rings (SSSR count). The largest absolute Gasteiger partial charge is 0.299 e. The summed E-state index contributed by atoms with van der Waals surface area (Å²) in [6.45, 7) is 2.67. The molecule has 122 valence electrons. The Kier molecular flexibility index (Phi) is 3.05. The third-order valence-corrected chi connectivity index (χ3v) is 5.00. The quantitative estimate of drug-likeness (QED) is 0.458. The maximum absolute atomic E-state index is 6.28. The van der Waals surface area contributed by atoms with E-state index < -0.39 is 0 Å². The summed E-state index contributed by atoms with van der Waals surface area (Å²) < 4.78 is 3.89. The SMILES string of the molecule is Cc1ccccc1-c1ccc2c(c1)-c1ncnn1Cc1c(Cl)ncn1-2. The molecule has 1 aliphatic heterocycles. The van der Waals surface area contributed by atoms with Crippen LogP contribution < -0.4 is 0 Å². The molecule has 0 fully saturated rings. The van der Waals surface area contributed by atoms with Crippen molar-refractivity contribution in [2.45, 2.75) is 13.5 Å². The van der Waals surface area contributed by atoms with Crippen molar-refractivity contribution >= 4 is 11.6 Å². The van der Waals surface area contributed by atoms with Crippen molar-refractivity contribution < 1.29 is 0 Å². The van der Waals surface area contributed by atoms with E-state index in [1.54, 1.807) is 12.7 Å². The number of rotatable bonds is 1. The molecular weight excluding hydrogens is 334 g/mol. The van der Waals surface area contributed by atoms with E-state index in [0.29, 0.717) is 11.7 Å². The monoisotopic (exact) mass is 347 g/mol. The number of hydrogen-bond donors (Lipinski definition) is 0. The van der Waals surface area contributed by atoms with E-state index in [4.69, 9.17) is 11.6 Å². The number of benzene rings is 2. The normalized spacial score (nSPS) is 12.2. The zero-order chi connectivity index (χ0) is 17.0. The topological polar surface area (TPSA) is 48.5 Å². The number of aryl methyl sites for hydroxylation is 1. The third kappa shape index (κ3) is 2.13. The fourth-order valence-corrected chi connectivity index (χ4v) is 3.62. The molecule has 0 atom stereocenters. The second-order valence-corrected chi connectivity index (χ2v) is 6.50. The third-order valence-electron chi connectivity index (χ3n) is 4.68. The molecule has 4 aromatic rings. The van der Waals surface area contributed by atoms with Crippen molar-refractivity contribution in [3.63, 3.8) is 0 Å². The maximum atomic E-state index is 6.28. The van der Waals surface area contributed by atoms with Crippen LogP contribution in [0.4, 0.5) is 0 Å². The highest BCUT2D eigenvalue weighted by atomic mass is 35.5. The molecule has 0 unspecified atom stereocenters. The lowest BCUT2D eigenvalue weighted by Crippen LogP contribution is -2.04. The molecule has 0 N–H and O–H groups in total. The number of imidazole rings is 1. The lowest BCUT2D eigenvalue weighted by Gasteiger charge is -2.12. The summed E-state index contributed by atoms with van der Waals surface area (Å²) >= 11 is 6.28. The van der Waals surface area contributed by atoms with Crippen LogP contribution in [0.15, 0.2) is 55.1 Å². The van der Waals surface area contributed by atoms with Crippen molar-refractivity contribution in [3.8, 4) is 28.2 Å². The van der Waals surface area contributed by atoms with Crippen LogP contribution in [0.3, 0.4) is 0 Å². The van der Waals surface area contributed by atoms with Gasteiger partial charge in [0.15, 0.2) is 11.0 Å². The Balaban J connectivity index is 1.80. The van der Waals surface area contributed by atoms with Crippen LogP contribution >= 0.6 is 11.6 Å². The van der Waals surface area contributed by atoms with Crippen LogP contribution in [0.1, 0.15) is 11.3 Å². The van der Waals surface area contributed by atoms with Crippen LogP contribution in [0.2, 0.25) is 5.15 Å². The average Bonchev–Trinajstić information content (AvgIpc) is 3.20. The van der Waals surface area contributed by atoms with Gasteiger partial charge in [0.1, 0.15) is 12.7 Å². The van der Waals surface area contributed by atoms with E-state index in [-0.39, 0.29) is 0 Å². The van der Waals surface area contributed by atoms with Crippen molar-refractivity contribution in [1.82, 2.24) is 24.3 Å². The Labute approximate surface area is 149 Å². The summed E-state index contributed by atoms with van der Waals surface area (Å²) in [4.78, 5) is 8.74. The van der Waals surface area contributed by atoms with Gasteiger partial charge in [-0.2, -0.15) is 5.10 Å². The summed E-state index contributed by atoms with van der Waals surface area (Å²) in [5.74, 6) is 0.838. The van der Waals surface area contributed by atoms with Gasteiger partial charge in [0.05, 0.1) is 17.9 Å². The first kappa shape index (κ1) is 14.4. The highest BCUT2D eigenvalue weighted by molar-refractivity contribution is 6.30. The van der Waals surface area contributed by atoms with Gasteiger partial charge < -0.3 is 0 Å². The molecule has 5 nitrogen and oxygen atoms in total. The summed E-state index contributed by atoms with van der Waals surface area (Å²) in [5.41, 5.74) is 6.55. The predicted octanol–water partition coefficient (Wildman–Crippen LogP) is 4.12. The Bertz CT molecular complexity index is 1110. The Morgan fingerprint density at radius 2 is 1.92 bits per heavy atom. The van der Waals surface area contributed by atoms with Gasteiger partial charge in [-0.3, -0.25) is 4.57 Å². The highest BCUT2D eigenvalue weighted by Crippen LogP contribution is 2.35. The Morgan fingerprint density at radius 3 is 2.80 bits per heavy atom. The molecular formula is C19H14ClN5. The zero-order valence-electron chi connectivity index (χ0n) is 13.5. The molecule has 25 heavy (non-hydrogen) atoms. The predicted molar refractivity (Wildman–Crippen MR) is 96.9 cm³/mol. The highest BCUT2D eigenvalue weighted by Gasteiger charge is 2.23.